The average Bonchev–Trinajstić information content (AvgIpc) is 3.02. The highest BCUT2D eigenvalue weighted by molar-refractivity contribution is 6.30. The maximum Gasteiger partial charge on any atom is 0.329 e. The Bertz CT molecular complexity index is 553. The van der Waals surface area contributed by atoms with Crippen molar-refractivity contribution < 1.29 is 0 Å². The lowest BCUT2D eigenvalue weighted by Crippen LogP contribution is -2.39. The predicted octanol–water partition coefficient (Wildman–Crippen LogP) is 1.93. The van der Waals surface area contributed by atoms with Gasteiger partial charge in [-0.3, -0.25) is 14.3 Å². The summed E-state index contributed by atoms with van der Waals surface area (Å²) >= 11 is 5.77. The van der Waals surface area contributed by atoms with Gasteiger partial charge in [-0.15, -0.1) is 0 Å². The summed E-state index contributed by atoms with van der Waals surface area (Å²) in [7, 11) is 0. The molecule has 4 nitrogen and oxygen atoms in total. The molecule has 17 heavy (non-hydrogen) atoms. The van der Waals surface area contributed by atoms with Crippen LogP contribution < -0.4 is 11.2 Å². The predicted molar refractivity (Wildman–Crippen MR) is 67.6 cm³/mol. The Hall–Kier alpha value is -1.03. The standard InChI is InChI=1S/C12H17ClN2O2/c1-7(2)12(4-5-12)6-15-10(16)8(3)9(13)14-11(15)17/h7H,4-6H2,1-3H3,(H,14,17). The van der Waals surface area contributed by atoms with Crippen LogP contribution in [-0.4, -0.2) is 9.55 Å². The van der Waals surface area contributed by atoms with Crippen molar-refractivity contribution in [1.29, 1.82) is 0 Å². The summed E-state index contributed by atoms with van der Waals surface area (Å²) in [5.74, 6) is 0.477. The third kappa shape index (κ3) is 2.06. The summed E-state index contributed by atoms with van der Waals surface area (Å²) in [6.45, 7) is 6.40. The highest BCUT2D eigenvalue weighted by atomic mass is 35.5. The fourth-order valence-electron chi connectivity index (χ4n) is 2.18. The first-order chi connectivity index (χ1) is 7.87. The van der Waals surface area contributed by atoms with Crippen LogP contribution in [0.3, 0.4) is 0 Å². The van der Waals surface area contributed by atoms with Crippen LogP contribution in [0.25, 0.3) is 0 Å². The minimum atomic E-state index is -0.405. The monoisotopic (exact) mass is 256 g/mol. The van der Waals surface area contributed by atoms with Crippen molar-refractivity contribution in [2.75, 3.05) is 0 Å². The van der Waals surface area contributed by atoms with Crippen LogP contribution in [0.1, 0.15) is 32.3 Å². The zero-order valence-electron chi connectivity index (χ0n) is 10.3. The molecule has 1 aliphatic rings. The maximum absolute atomic E-state index is 12.0. The van der Waals surface area contributed by atoms with Gasteiger partial charge in [0.1, 0.15) is 5.15 Å². The lowest BCUT2D eigenvalue weighted by atomic mass is 9.92. The van der Waals surface area contributed by atoms with Gasteiger partial charge in [-0.05, 0) is 31.1 Å². The minimum absolute atomic E-state index is 0.122. The number of nitrogens with zero attached hydrogens (tertiary/aromatic N) is 1. The van der Waals surface area contributed by atoms with Crippen molar-refractivity contribution in [1.82, 2.24) is 9.55 Å². The smallest absolute Gasteiger partial charge is 0.297 e. The lowest BCUT2D eigenvalue weighted by molar-refractivity contribution is 0.299. The fraction of sp³-hybridized carbons (Fsp3) is 0.667. The second-order valence-electron chi connectivity index (χ2n) is 5.28. The van der Waals surface area contributed by atoms with Gasteiger partial charge in [-0.25, -0.2) is 4.79 Å². The SMILES string of the molecule is Cc1c(Cl)[nH]c(=O)n(CC2(C(C)C)CC2)c1=O. The van der Waals surface area contributed by atoms with Gasteiger partial charge in [0.05, 0.1) is 0 Å². The van der Waals surface area contributed by atoms with E-state index in [1.807, 2.05) is 0 Å². The number of hydrogen-bond donors (Lipinski definition) is 1. The zero-order valence-corrected chi connectivity index (χ0v) is 11.1. The summed E-state index contributed by atoms with van der Waals surface area (Å²) in [5, 5.41) is 0.144. The van der Waals surface area contributed by atoms with E-state index in [-0.39, 0.29) is 16.1 Å². The Morgan fingerprint density at radius 2 is 2.00 bits per heavy atom. The number of halogens is 1. The molecule has 1 aromatic rings. The summed E-state index contributed by atoms with van der Waals surface area (Å²) < 4.78 is 1.29. The summed E-state index contributed by atoms with van der Waals surface area (Å²) in [6.07, 6.45) is 2.16. The summed E-state index contributed by atoms with van der Waals surface area (Å²) in [5.41, 5.74) is -0.147. The van der Waals surface area contributed by atoms with E-state index in [4.69, 9.17) is 11.6 Å². The lowest BCUT2D eigenvalue weighted by Gasteiger charge is -2.20. The van der Waals surface area contributed by atoms with Gasteiger partial charge >= 0.3 is 5.69 Å². The van der Waals surface area contributed by atoms with Crippen LogP contribution in [0.4, 0.5) is 0 Å². The second-order valence-corrected chi connectivity index (χ2v) is 5.66. The highest BCUT2D eigenvalue weighted by Gasteiger charge is 2.46. The van der Waals surface area contributed by atoms with Crippen LogP contribution in [0.2, 0.25) is 5.15 Å². The van der Waals surface area contributed by atoms with Crippen molar-refractivity contribution in [2.24, 2.45) is 11.3 Å². The largest absolute Gasteiger partial charge is 0.329 e. The Balaban J connectivity index is 2.45. The van der Waals surface area contributed by atoms with E-state index < -0.39 is 5.69 Å². The van der Waals surface area contributed by atoms with Gasteiger partial charge in [0.15, 0.2) is 0 Å². The molecule has 1 aliphatic carbocycles. The van der Waals surface area contributed by atoms with Crippen molar-refractivity contribution in [3.8, 4) is 0 Å². The number of nitrogens with one attached hydrogen (secondary N) is 1. The summed E-state index contributed by atoms with van der Waals surface area (Å²) in [6, 6.07) is 0. The van der Waals surface area contributed by atoms with Gasteiger partial charge in [0.25, 0.3) is 5.56 Å². The van der Waals surface area contributed by atoms with E-state index in [0.29, 0.717) is 18.0 Å². The first kappa shape index (κ1) is 12.4. The zero-order chi connectivity index (χ0) is 12.8. The van der Waals surface area contributed by atoms with Crippen molar-refractivity contribution in [2.45, 2.75) is 40.2 Å². The molecule has 1 fully saturated rings. The summed E-state index contributed by atoms with van der Waals surface area (Å²) in [4.78, 5) is 26.3. The van der Waals surface area contributed by atoms with Gasteiger partial charge < -0.3 is 0 Å². The van der Waals surface area contributed by atoms with Gasteiger partial charge in [0, 0.05) is 12.1 Å². The van der Waals surface area contributed by atoms with E-state index in [1.165, 1.54) is 4.57 Å². The first-order valence-corrected chi connectivity index (χ1v) is 6.24. The molecule has 0 spiro atoms. The molecule has 1 heterocycles. The fourth-order valence-corrected chi connectivity index (χ4v) is 2.34. The van der Waals surface area contributed by atoms with Crippen LogP contribution in [-0.2, 0) is 6.54 Å². The molecule has 0 saturated heterocycles. The van der Waals surface area contributed by atoms with Crippen molar-refractivity contribution in [3.05, 3.63) is 31.6 Å². The Labute approximate surface area is 105 Å². The van der Waals surface area contributed by atoms with Crippen molar-refractivity contribution in [3.63, 3.8) is 0 Å². The number of hydrogen-bond acceptors (Lipinski definition) is 2. The molecular weight excluding hydrogens is 240 g/mol. The minimum Gasteiger partial charge on any atom is -0.297 e. The van der Waals surface area contributed by atoms with Crippen LogP contribution in [0.15, 0.2) is 9.59 Å². The molecule has 1 saturated carbocycles. The normalized spacial score (nSPS) is 17.5. The molecule has 1 N–H and O–H groups in total. The third-order valence-corrected chi connectivity index (χ3v) is 4.32. The molecule has 0 bridgehead atoms. The van der Waals surface area contributed by atoms with E-state index in [9.17, 15) is 9.59 Å². The van der Waals surface area contributed by atoms with Gasteiger partial charge in [-0.1, -0.05) is 25.4 Å². The molecule has 0 aromatic carbocycles. The van der Waals surface area contributed by atoms with Crippen LogP contribution in [0.5, 0.6) is 0 Å². The molecular formula is C12H17ClN2O2. The molecule has 94 valence electrons. The molecule has 0 aliphatic heterocycles. The Kier molecular flexibility index (Phi) is 2.94. The maximum atomic E-state index is 12.0. The Morgan fingerprint density at radius 1 is 1.41 bits per heavy atom. The molecule has 0 radical (unpaired) electrons. The van der Waals surface area contributed by atoms with E-state index in [2.05, 4.69) is 18.8 Å². The van der Waals surface area contributed by atoms with E-state index in [0.717, 1.165) is 12.8 Å². The molecule has 0 amide bonds. The molecule has 0 atom stereocenters. The quantitative estimate of drug-likeness (QED) is 0.841. The van der Waals surface area contributed by atoms with Crippen LogP contribution in [0, 0.1) is 18.3 Å². The molecule has 5 heteroatoms. The second kappa shape index (κ2) is 4.02. The number of aromatic amines is 1. The molecule has 1 aromatic heterocycles. The molecule has 2 rings (SSSR count). The third-order valence-electron chi connectivity index (χ3n) is 3.95. The topological polar surface area (TPSA) is 54.9 Å². The molecule has 0 unspecified atom stereocenters. The average molecular weight is 257 g/mol. The number of aromatic nitrogens is 2. The van der Waals surface area contributed by atoms with E-state index in [1.54, 1.807) is 6.92 Å². The first-order valence-electron chi connectivity index (χ1n) is 5.86. The Morgan fingerprint density at radius 3 is 2.47 bits per heavy atom. The highest BCUT2D eigenvalue weighted by Crippen LogP contribution is 2.52. The van der Waals surface area contributed by atoms with E-state index >= 15 is 0 Å². The number of H-pyrrole nitrogens is 1. The van der Waals surface area contributed by atoms with Gasteiger partial charge in [0.2, 0.25) is 0 Å². The van der Waals surface area contributed by atoms with Crippen LogP contribution >= 0.6 is 11.6 Å². The number of rotatable bonds is 3. The van der Waals surface area contributed by atoms with Crippen molar-refractivity contribution >= 4 is 11.6 Å². The van der Waals surface area contributed by atoms with Gasteiger partial charge in [-0.2, -0.15) is 0 Å².